The second kappa shape index (κ2) is 8.58. The average Bonchev–Trinajstić information content (AvgIpc) is 2.56. The summed E-state index contributed by atoms with van der Waals surface area (Å²) in [6.07, 6.45) is 1.36. The van der Waals surface area contributed by atoms with E-state index in [9.17, 15) is 18.0 Å². The standard InChI is InChI=1S/C16H15F3N2O2S/c1-21(9-10-23-12-6-4-11(17)5-7-12)15(22)13-3-2-8-20-14(13)24-16(18)19/h2-8,16H,9-10H2,1H3. The van der Waals surface area contributed by atoms with Gasteiger partial charge in [0.25, 0.3) is 11.7 Å². The molecule has 0 fully saturated rings. The molecule has 2 rings (SSSR count). The van der Waals surface area contributed by atoms with Crippen molar-refractivity contribution in [2.75, 3.05) is 20.2 Å². The highest BCUT2D eigenvalue weighted by Crippen LogP contribution is 2.26. The van der Waals surface area contributed by atoms with E-state index in [2.05, 4.69) is 4.98 Å². The molecule has 0 aliphatic carbocycles. The van der Waals surface area contributed by atoms with Crippen molar-refractivity contribution in [2.24, 2.45) is 0 Å². The molecule has 0 spiro atoms. The Morgan fingerprint density at radius 1 is 1.29 bits per heavy atom. The van der Waals surface area contributed by atoms with Gasteiger partial charge < -0.3 is 9.64 Å². The Hall–Kier alpha value is -2.22. The first-order valence-electron chi connectivity index (χ1n) is 7.01. The molecule has 0 saturated carbocycles. The Balaban J connectivity index is 1.93. The molecule has 0 atom stereocenters. The maximum Gasteiger partial charge on any atom is 0.290 e. The molecule has 4 nitrogen and oxygen atoms in total. The van der Waals surface area contributed by atoms with Gasteiger partial charge in [-0.15, -0.1) is 0 Å². The lowest BCUT2D eigenvalue weighted by Crippen LogP contribution is -2.31. The summed E-state index contributed by atoms with van der Waals surface area (Å²) in [5.41, 5.74) is 0.118. The van der Waals surface area contributed by atoms with Crippen molar-refractivity contribution in [1.82, 2.24) is 9.88 Å². The molecule has 24 heavy (non-hydrogen) atoms. The molecule has 1 heterocycles. The van der Waals surface area contributed by atoms with Gasteiger partial charge in [0.05, 0.1) is 12.1 Å². The lowest BCUT2D eigenvalue weighted by atomic mass is 10.2. The van der Waals surface area contributed by atoms with E-state index in [0.717, 1.165) is 0 Å². The average molecular weight is 356 g/mol. The van der Waals surface area contributed by atoms with Crippen LogP contribution in [0.25, 0.3) is 0 Å². The number of alkyl halides is 2. The van der Waals surface area contributed by atoms with Crippen LogP contribution in [0, 0.1) is 5.82 Å². The van der Waals surface area contributed by atoms with Gasteiger partial charge in [0.2, 0.25) is 0 Å². The summed E-state index contributed by atoms with van der Waals surface area (Å²) >= 11 is 0.234. The summed E-state index contributed by atoms with van der Waals surface area (Å²) in [5, 5.41) is -0.0104. The number of thioether (sulfide) groups is 1. The summed E-state index contributed by atoms with van der Waals surface area (Å²) < 4.78 is 43.3. The molecule has 0 aliphatic rings. The van der Waals surface area contributed by atoms with E-state index in [4.69, 9.17) is 4.74 Å². The molecule has 0 bridgehead atoms. The number of hydrogen-bond acceptors (Lipinski definition) is 4. The van der Waals surface area contributed by atoms with Gasteiger partial charge in [-0.25, -0.2) is 9.37 Å². The Bertz CT molecular complexity index is 683. The van der Waals surface area contributed by atoms with E-state index in [1.165, 1.54) is 47.5 Å². The number of halogens is 3. The van der Waals surface area contributed by atoms with E-state index in [1.807, 2.05) is 0 Å². The van der Waals surface area contributed by atoms with Crippen LogP contribution in [-0.2, 0) is 0 Å². The number of likely N-dealkylation sites (N-methyl/N-ethyl adjacent to an activating group) is 1. The molecule has 8 heteroatoms. The Labute approximate surface area is 141 Å². The van der Waals surface area contributed by atoms with Gasteiger partial charge in [-0.2, -0.15) is 8.78 Å². The lowest BCUT2D eigenvalue weighted by Gasteiger charge is -2.18. The van der Waals surface area contributed by atoms with E-state index in [-0.39, 0.29) is 41.3 Å². The van der Waals surface area contributed by atoms with E-state index in [1.54, 1.807) is 7.05 Å². The number of carbonyl (C=O) groups excluding carboxylic acids is 1. The van der Waals surface area contributed by atoms with Crippen LogP contribution in [-0.4, -0.2) is 41.7 Å². The third kappa shape index (κ3) is 5.16. The maximum atomic E-state index is 12.8. The smallest absolute Gasteiger partial charge is 0.290 e. The number of pyridine rings is 1. The van der Waals surface area contributed by atoms with Crippen molar-refractivity contribution in [2.45, 2.75) is 10.8 Å². The second-order valence-electron chi connectivity index (χ2n) is 4.76. The van der Waals surface area contributed by atoms with E-state index < -0.39 is 11.7 Å². The molecule has 1 aromatic carbocycles. The maximum absolute atomic E-state index is 12.8. The van der Waals surface area contributed by atoms with Gasteiger partial charge in [-0.05, 0) is 48.2 Å². The van der Waals surface area contributed by atoms with E-state index >= 15 is 0 Å². The molecule has 0 radical (unpaired) electrons. The van der Waals surface area contributed by atoms with Crippen LogP contribution in [0.2, 0.25) is 0 Å². The predicted molar refractivity (Wildman–Crippen MR) is 85.0 cm³/mol. The minimum Gasteiger partial charge on any atom is -0.492 e. The van der Waals surface area contributed by atoms with Gasteiger partial charge in [-0.1, -0.05) is 0 Å². The number of rotatable bonds is 7. The number of hydrogen-bond donors (Lipinski definition) is 0. The fourth-order valence-electron chi connectivity index (χ4n) is 1.87. The van der Waals surface area contributed by atoms with Gasteiger partial charge in [-0.3, -0.25) is 4.79 Å². The summed E-state index contributed by atoms with van der Waals surface area (Å²) in [6.45, 7) is 0.426. The first kappa shape index (κ1) is 18.1. The summed E-state index contributed by atoms with van der Waals surface area (Å²) in [5.74, 6) is -2.96. The normalized spacial score (nSPS) is 10.7. The SMILES string of the molecule is CN(CCOc1ccc(F)cc1)C(=O)c1cccnc1SC(F)F. The first-order valence-corrected chi connectivity index (χ1v) is 7.89. The number of benzene rings is 1. The zero-order chi connectivity index (χ0) is 17.5. The van der Waals surface area contributed by atoms with Crippen LogP contribution >= 0.6 is 11.8 Å². The summed E-state index contributed by atoms with van der Waals surface area (Å²) in [7, 11) is 1.54. The summed E-state index contributed by atoms with van der Waals surface area (Å²) in [4.78, 5) is 17.5. The van der Waals surface area contributed by atoms with Crippen LogP contribution in [0.5, 0.6) is 5.75 Å². The van der Waals surface area contributed by atoms with Gasteiger partial charge in [0, 0.05) is 13.2 Å². The predicted octanol–water partition coefficient (Wildman–Crippen LogP) is 3.69. The molecule has 0 aliphatic heterocycles. The van der Waals surface area contributed by atoms with Crippen LogP contribution in [0.4, 0.5) is 13.2 Å². The van der Waals surface area contributed by atoms with Crippen molar-refractivity contribution in [3.05, 3.63) is 54.0 Å². The Morgan fingerprint density at radius 3 is 2.67 bits per heavy atom. The molecule has 0 saturated heterocycles. The number of carbonyl (C=O) groups is 1. The van der Waals surface area contributed by atoms with Gasteiger partial charge in [0.15, 0.2) is 0 Å². The van der Waals surface area contributed by atoms with Crippen LogP contribution in [0.3, 0.4) is 0 Å². The highest BCUT2D eigenvalue weighted by Gasteiger charge is 2.19. The van der Waals surface area contributed by atoms with Crippen LogP contribution < -0.4 is 4.74 Å². The Morgan fingerprint density at radius 2 is 2.00 bits per heavy atom. The minimum atomic E-state index is -2.65. The molecule has 128 valence electrons. The number of amides is 1. The van der Waals surface area contributed by atoms with Gasteiger partial charge in [0.1, 0.15) is 23.2 Å². The highest BCUT2D eigenvalue weighted by molar-refractivity contribution is 7.99. The van der Waals surface area contributed by atoms with Gasteiger partial charge >= 0.3 is 0 Å². The molecule has 0 N–H and O–H groups in total. The van der Waals surface area contributed by atoms with Crippen molar-refractivity contribution in [1.29, 1.82) is 0 Å². The number of ether oxygens (including phenoxy) is 1. The lowest BCUT2D eigenvalue weighted by molar-refractivity contribution is 0.0769. The summed E-state index contributed by atoms with van der Waals surface area (Å²) in [6, 6.07) is 8.48. The molecular formula is C16H15F3N2O2S. The van der Waals surface area contributed by atoms with E-state index in [0.29, 0.717) is 5.75 Å². The largest absolute Gasteiger partial charge is 0.492 e. The van der Waals surface area contributed by atoms with Crippen molar-refractivity contribution < 1.29 is 22.7 Å². The third-order valence-electron chi connectivity index (χ3n) is 3.06. The highest BCUT2D eigenvalue weighted by atomic mass is 32.2. The number of aromatic nitrogens is 1. The Kier molecular flexibility index (Phi) is 6.48. The molecular weight excluding hydrogens is 341 g/mol. The second-order valence-corrected chi connectivity index (χ2v) is 5.74. The fourth-order valence-corrected chi connectivity index (χ4v) is 2.44. The fraction of sp³-hybridized carbons (Fsp3) is 0.250. The topological polar surface area (TPSA) is 42.4 Å². The first-order chi connectivity index (χ1) is 11.5. The molecule has 1 amide bonds. The zero-order valence-corrected chi connectivity index (χ0v) is 13.6. The van der Waals surface area contributed by atoms with Crippen molar-refractivity contribution >= 4 is 17.7 Å². The third-order valence-corrected chi connectivity index (χ3v) is 3.78. The van der Waals surface area contributed by atoms with Crippen molar-refractivity contribution in [3.63, 3.8) is 0 Å². The minimum absolute atomic E-state index is 0.0104. The zero-order valence-electron chi connectivity index (χ0n) is 12.8. The monoisotopic (exact) mass is 356 g/mol. The quantitative estimate of drug-likeness (QED) is 0.710. The van der Waals surface area contributed by atoms with Crippen LogP contribution in [0.1, 0.15) is 10.4 Å². The van der Waals surface area contributed by atoms with Crippen LogP contribution in [0.15, 0.2) is 47.6 Å². The van der Waals surface area contributed by atoms with Crippen molar-refractivity contribution in [3.8, 4) is 5.75 Å². The number of nitrogens with zero attached hydrogens (tertiary/aromatic N) is 2. The molecule has 0 unspecified atom stereocenters. The molecule has 2 aromatic rings. The molecule has 1 aromatic heterocycles.